The molecule has 114 valence electrons. The van der Waals surface area contributed by atoms with Crippen molar-refractivity contribution in [3.05, 3.63) is 47.6 Å². The van der Waals surface area contributed by atoms with Gasteiger partial charge < -0.3 is 10.3 Å². The van der Waals surface area contributed by atoms with Gasteiger partial charge in [-0.3, -0.25) is 0 Å². The third kappa shape index (κ3) is 4.05. The van der Waals surface area contributed by atoms with Crippen molar-refractivity contribution in [1.82, 2.24) is 10.1 Å². The highest BCUT2D eigenvalue weighted by molar-refractivity contribution is 5.85. The molecular formula is C16H22ClN3O. The number of halogens is 1. The van der Waals surface area contributed by atoms with Gasteiger partial charge in [0.05, 0.1) is 6.04 Å². The molecule has 1 saturated carbocycles. The lowest BCUT2D eigenvalue weighted by atomic mass is 9.89. The molecule has 0 radical (unpaired) electrons. The summed E-state index contributed by atoms with van der Waals surface area (Å²) >= 11 is 0. The zero-order chi connectivity index (χ0) is 13.8. The van der Waals surface area contributed by atoms with Crippen molar-refractivity contribution in [2.24, 2.45) is 5.73 Å². The Balaban J connectivity index is 0.00000161. The van der Waals surface area contributed by atoms with E-state index in [2.05, 4.69) is 22.3 Å². The average molecular weight is 308 g/mol. The molecule has 2 aromatic rings. The average Bonchev–Trinajstić information content (AvgIpc) is 2.99. The Morgan fingerprint density at radius 2 is 1.86 bits per heavy atom. The number of hydrogen-bond donors (Lipinski definition) is 1. The van der Waals surface area contributed by atoms with Gasteiger partial charge in [0.25, 0.3) is 0 Å². The van der Waals surface area contributed by atoms with Crippen molar-refractivity contribution in [1.29, 1.82) is 0 Å². The van der Waals surface area contributed by atoms with Crippen LogP contribution in [0.5, 0.6) is 0 Å². The minimum absolute atomic E-state index is 0. The minimum Gasteiger partial charge on any atom is -0.338 e. The Labute approximate surface area is 131 Å². The fourth-order valence-corrected chi connectivity index (χ4v) is 2.88. The van der Waals surface area contributed by atoms with Gasteiger partial charge in [-0.2, -0.15) is 4.98 Å². The highest BCUT2D eigenvalue weighted by atomic mass is 35.5. The maximum absolute atomic E-state index is 6.17. The molecule has 0 bridgehead atoms. The zero-order valence-electron chi connectivity index (χ0n) is 12.1. The molecule has 0 aliphatic heterocycles. The summed E-state index contributed by atoms with van der Waals surface area (Å²) in [5, 5.41) is 4.14. The molecule has 21 heavy (non-hydrogen) atoms. The standard InChI is InChI=1S/C16H21N3O.ClH/c17-14(11-12-7-3-1-4-8-12)16-18-15(19-20-16)13-9-5-2-6-10-13;/h1,3-4,7-8,13-14H,2,5-6,9-11,17H2;1H/t14-;/m0./s1. The molecule has 0 spiro atoms. The van der Waals surface area contributed by atoms with Crippen molar-refractivity contribution in [2.75, 3.05) is 0 Å². The number of aromatic nitrogens is 2. The SMILES string of the molecule is Cl.N[C@@H](Cc1ccccc1)c1nc(C2CCCCC2)no1. The van der Waals surface area contributed by atoms with Crippen LogP contribution in [0.3, 0.4) is 0 Å². The Bertz CT molecular complexity index is 537. The molecule has 1 heterocycles. The molecule has 1 aliphatic rings. The van der Waals surface area contributed by atoms with Crippen LogP contribution in [-0.2, 0) is 6.42 Å². The van der Waals surface area contributed by atoms with E-state index in [4.69, 9.17) is 10.3 Å². The molecule has 2 N–H and O–H groups in total. The van der Waals surface area contributed by atoms with Gasteiger partial charge in [-0.05, 0) is 24.8 Å². The normalized spacial score (nSPS) is 17.2. The number of benzene rings is 1. The van der Waals surface area contributed by atoms with E-state index in [0.29, 0.717) is 11.8 Å². The first kappa shape index (κ1) is 16.0. The van der Waals surface area contributed by atoms with Gasteiger partial charge in [0, 0.05) is 5.92 Å². The third-order valence-corrected chi connectivity index (χ3v) is 4.04. The molecule has 1 atom stereocenters. The second-order valence-electron chi connectivity index (χ2n) is 5.62. The monoisotopic (exact) mass is 307 g/mol. The van der Waals surface area contributed by atoms with Crippen molar-refractivity contribution in [3.63, 3.8) is 0 Å². The second-order valence-corrected chi connectivity index (χ2v) is 5.62. The lowest BCUT2D eigenvalue weighted by molar-refractivity contribution is 0.341. The highest BCUT2D eigenvalue weighted by Crippen LogP contribution is 2.31. The summed E-state index contributed by atoms with van der Waals surface area (Å²) < 4.78 is 5.37. The van der Waals surface area contributed by atoms with Crippen LogP contribution in [0.4, 0.5) is 0 Å². The second kappa shape index (κ2) is 7.57. The number of nitrogens with two attached hydrogens (primary N) is 1. The van der Waals surface area contributed by atoms with Crippen LogP contribution in [0.1, 0.15) is 61.3 Å². The number of rotatable bonds is 4. The first-order chi connectivity index (χ1) is 9.83. The van der Waals surface area contributed by atoms with E-state index >= 15 is 0 Å². The van der Waals surface area contributed by atoms with Crippen molar-refractivity contribution >= 4 is 12.4 Å². The summed E-state index contributed by atoms with van der Waals surface area (Å²) in [5.41, 5.74) is 7.37. The van der Waals surface area contributed by atoms with Crippen LogP contribution in [-0.4, -0.2) is 10.1 Å². The van der Waals surface area contributed by atoms with Gasteiger partial charge >= 0.3 is 0 Å². The van der Waals surface area contributed by atoms with E-state index < -0.39 is 0 Å². The van der Waals surface area contributed by atoms with Crippen LogP contribution >= 0.6 is 12.4 Å². The van der Waals surface area contributed by atoms with Gasteiger partial charge in [0.15, 0.2) is 5.82 Å². The quantitative estimate of drug-likeness (QED) is 0.933. The molecule has 5 heteroatoms. The molecule has 1 aromatic carbocycles. The Morgan fingerprint density at radius 1 is 1.14 bits per heavy atom. The van der Waals surface area contributed by atoms with Crippen molar-refractivity contribution in [2.45, 2.75) is 50.5 Å². The van der Waals surface area contributed by atoms with Crippen molar-refractivity contribution < 1.29 is 4.52 Å². The molecule has 4 nitrogen and oxygen atoms in total. The summed E-state index contributed by atoms with van der Waals surface area (Å²) in [5.74, 6) is 1.88. The number of hydrogen-bond acceptors (Lipinski definition) is 4. The summed E-state index contributed by atoms with van der Waals surface area (Å²) in [6.45, 7) is 0. The van der Waals surface area contributed by atoms with Crippen LogP contribution in [0, 0.1) is 0 Å². The van der Waals surface area contributed by atoms with Gasteiger partial charge in [-0.1, -0.05) is 54.8 Å². The van der Waals surface area contributed by atoms with Gasteiger partial charge in [0.2, 0.25) is 5.89 Å². The predicted molar refractivity (Wildman–Crippen MR) is 84.4 cm³/mol. The fourth-order valence-electron chi connectivity index (χ4n) is 2.88. The summed E-state index contributed by atoms with van der Waals surface area (Å²) in [7, 11) is 0. The summed E-state index contributed by atoms with van der Waals surface area (Å²) in [4.78, 5) is 4.53. The van der Waals surface area contributed by atoms with E-state index in [1.54, 1.807) is 0 Å². The van der Waals surface area contributed by atoms with E-state index in [0.717, 1.165) is 12.2 Å². The van der Waals surface area contributed by atoms with Crippen LogP contribution in [0.25, 0.3) is 0 Å². The molecule has 1 aliphatic carbocycles. The molecular weight excluding hydrogens is 286 g/mol. The summed E-state index contributed by atoms with van der Waals surface area (Å²) in [6.07, 6.45) is 6.94. The first-order valence-corrected chi connectivity index (χ1v) is 7.46. The van der Waals surface area contributed by atoms with Gasteiger partial charge in [0.1, 0.15) is 0 Å². The smallest absolute Gasteiger partial charge is 0.243 e. The van der Waals surface area contributed by atoms with E-state index in [9.17, 15) is 0 Å². The first-order valence-electron chi connectivity index (χ1n) is 7.46. The summed E-state index contributed by atoms with van der Waals surface area (Å²) in [6, 6.07) is 9.95. The molecule has 1 fully saturated rings. The zero-order valence-corrected chi connectivity index (χ0v) is 12.9. The molecule has 0 unspecified atom stereocenters. The van der Waals surface area contributed by atoms with Crippen LogP contribution in [0.2, 0.25) is 0 Å². The predicted octanol–water partition coefficient (Wildman–Crippen LogP) is 3.78. The third-order valence-electron chi connectivity index (χ3n) is 4.04. The maximum Gasteiger partial charge on any atom is 0.243 e. The van der Waals surface area contributed by atoms with Gasteiger partial charge in [-0.15, -0.1) is 12.4 Å². The molecule has 3 rings (SSSR count). The van der Waals surface area contributed by atoms with E-state index in [-0.39, 0.29) is 18.4 Å². The topological polar surface area (TPSA) is 64.9 Å². The number of nitrogens with zero attached hydrogens (tertiary/aromatic N) is 2. The largest absolute Gasteiger partial charge is 0.338 e. The lowest BCUT2D eigenvalue weighted by Gasteiger charge is -2.17. The van der Waals surface area contributed by atoms with Crippen molar-refractivity contribution in [3.8, 4) is 0 Å². The molecule has 0 saturated heterocycles. The maximum atomic E-state index is 6.17. The Hall–Kier alpha value is -1.39. The Morgan fingerprint density at radius 3 is 2.57 bits per heavy atom. The van der Waals surface area contributed by atoms with Crippen LogP contribution in [0.15, 0.2) is 34.9 Å². The fraction of sp³-hybridized carbons (Fsp3) is 0.500. The lowest BCUT2D eigenvalue weighted by Crippen LogP contribution is -2.14. The Kier molecular flexibility index (Phi) is 5.76. The minimum atomic E-state index is -0.220. The van der Waals surface area contributed by atoms with E-state index in [1.807, 2.05) is 18.2 Å². The molecule has 1 aromatic heterocycles. The van der Waals surface area contributed by atoms with Crippen LogP contribution < -0.4 is 5.73 Å². The molecule has 0 amide bonds. The highest BCUT2D eigenvalue weighted by Gasteiger charge is 2.22. The van der Waals surface area contributed by atoms with Gasteiger partial charge in [-0.25, -0.2) is 0 Å². The van der Waals surface area contributed by atoms with E-state index in [1.165, 1.54) is 37.7 Å².